The summed E-state index contributed by atoms with van der Waals surface area (Å²) in [6.07, 6.45) is 0. The summed E-state index contributed by atoms with van der Waals surface area (Å²) in [5, 5.41) is 0. The van der Waals surface area contributed by atoms with Crippen LogP contribution in [0.15, 0.2) is 30.3 Å². The molecule has 0 bridgehead atoms. The second-order valence-electron chi connectivity index (χ2n) is 4.38. The Morgan fingerprint density at radius 2 is 2.07 bits per heavy atom. The minimum absolute atomic E-state index is 0.189. The molecule has 2 aliphatic heterocycles. The first-order valence-electron chi connectivity index (χ1n) is 5.32. The summed E-state index contributed by atoms with van der Waals surface area (Å²) in [4.78, 5) is 16.0. The molecule has 3 rings (SSSR count). The molecule has 3 heteroatoms. The number of likely N-dealkylation sites (N-methyl/N-ethyl adjacent to an activating group) is 1. The number of nitrogens with zero attached hydrogens (tertiary/aromatic N) is 2. The molecule has 15 heavy (non-hydrogen) atoms. The van der Waals surface area contributed by atoms with Gasteiger partial charge in [0.2, 0.25) is 5.91 Å². The maximum absolute atomic E-state index is 11.8. The van der Waals surface area contributed by atoms with Gasteiger partial charge in [0.05, 0.1) is 6.04 Å². The smallest absolute Gasteiger partial charge is 0.241 e. The molecular weight excluding hydrogens is 188 g/mol. The van der Waals surface area contributed by atoms with Crippen LogP contribution in [-0.4, -0.2) is 41.4 Å². The van der Waals surface area contributed by atoms with Gasteiger partial charge in [-0.2, -0.15) is 0 Å². The number of fused-ring (bicyclic) bond motifs is 1. The lowest BCUT2D eigenvalue weighted by Crippen LogP contribution is -2.32. The van der Waals surface area contributed by atoms with Crippen molar-refractivity contribution in [1.82, 2.24) is 9.80 Å². The maximum Gasteiger partial charge on any atom is 0.241 e. The molecular formula is C12H14N2O. The Bertz CT molecular complexity index is 390. The van der Waals surface area contributed by atoms with Gasteiger partial charge in [-0.15, -0.1) is 0 Å². The highest BCUT2D eigenvalue weighted by molar-refractivity contribution is 5.88. The van der Waals surface area contributed by atoms with Gasteiger partial charge in [-0.05, 0) is 12.6 Å². The number of hydrogen-bond acceptors (Lipinski definition) is 2. The van der Waals surface area contributed by atoms with Crippen molar-refractivity contribution < 1.29 is 4.79 Å². The van der Waals surface area contributed by atoms with E-state index in [1.807, 2.05) is 30.1 Å². The fraction of sp³-hybridized carbons (Fsp3) is 0.417. The molecule has 0 aromatic heterocycles. The van der Waals surface area contributed by atoms with Crippen LogP contribution < -0.4 is 0 Å². The second-order valence-corrected chi connectivity index (χ2v) is 4.38. The van der Waals surface area contributed by atoms with E-state index in [0.717, 1.165) is 13.1 Å². The molecule has 1 aromatic rings. The standard InChI is InChI=1S/C12H14N2O/c1-13-10-8-14(12(15)11(10)13)7-9-5-3-2-4-6-9/h2-6,10-11H,7-8H2,1H3. The molecule has 0 saturated carbocycles. The highest BCUT2D eigenvalue weighted by atomic mass is 16.2. The second kappa shape index (κ2) is 3.07. The summed E-state index contributed by atoms with van der Waals surface area (Å²) < 4.78 is 0. The third-order valence-corrected chi connectivity index (χ3v) is 3.43. The number of carbonyl (C=O) groups excluding carboxylic acids is 1. The summed E-state index contributed by atoms with van der Waals surface area (Å²) in [5.74, 6) is 0.298. The van der Waals surface area contributed by atoms with Crippen LogP contribution in [0.1, 0.15) is 5.56 Å². The first-order chi connectivity index (χ1) is 7.27. The minimum Gasteiger partial charge on any atom is -0.335 e. The van der Waals surface area contributed by atoms with E-state index in [-0.39, 0.29) is 6.04 Å². The van der Waals surface area contributed by atoms with Crippen LogP contribution in [0.5, 0.6) is 0 Å². The van der Waals surface area contributed by atoms with E-state index < -0.39 is 0 Å². The Labute approximate surface area is 89.3 Å². The third-order valence-electron chi connectivity index (χ3n) is 3.43. The van der Waals surface area contributed by atoms with E-state index in [1.54, 1.807) is 0 Å². The van der Waals surface area contributed by atoms with Crippen LogP contribution in [0, 0.1) is 0 Å². The van der Waals surface area contributed by atoms with Gasteiger partial charge < -0.3 is 4.90 Å². The highest BCUT2D eigenvalue weighted by Crippen LogP contribution is 2.35. The van der Waals surface area contributed by atoms with Gasteiger partial charge in [-0.1, -0.05) is 30.3 Å². The fourth-order valence-electron chi connectivity index (χ4n) is 2.42. The topological polar surface area (TPSA) is 23.3 Å². The normalized spacial score (nSPS) is 33.0. The Balaban J connectivity index is 1.69. The number of piperazine rings is 1. The molecule has 3 nitrogen and oxygen atoms in total. The highest BCUT2D eigenvalue weighted by Gasteiger charge is 2.57. The first-order valence-corrected chi connectivity index (χ1v) is 5.32. The summed E-state index contributed by atoms with van der Waals surface area (Å²) in [7, 11) is 2.02. The Morgan fingerprint density at radius 1 is 1.33 bits per heavy atom. The zero-order chi connectivity index (χ0) is 10.4. The number of carbonyl (C=O) groups is 1. The molecule has 3 unspecified atom stereocenters. The lowest BCUT2D eigenvalue weighted by atomic mass is 10.2. The number of hydrogen-bond donors (Lipinski definition) is 0. The monoisotopic (exact) mass is 202 g/mol. The number of amides is 1. The molecule has 1 amide bonds. The van der Waals surface area contributed by atoms with Gasteiger partial charge in [0.25, 0.3) is 0 Å². The Hall–Kier alpha value is -1.35. The first kappa shape index (κ1) is 8.92. The lowest BCUT2D eigenvalue weighted by molar-refractivity contribution is -0.130. The van der Waals surface area contributed by atoms with Gasteiger partial charge in [0.15, 0.2) is 0 Å². The summed E-state index contributed by atoms with van der Waals surface area (Å²) >= 11 is 0. The molecule has 2 aliphatic rings. The third kappa shape index (κ3) is 1.35. The largest absolute Gasteiger partial charge is 0.335 e. The van der Waals surface area contributed by atoms with E-state index in [2.05, 4.69) is 17.0 Å². The molecule has 0 aliphatic carbocycles. The van der Waals surface area contributed by atoms with Crippen LogP contribution in [0.4, 0.5) is 0 Å². The van der Waals surface area contributed by atoms with Gasteiger partial charge in [0.1, 0.15) is 6.04 Å². The van der Waals surface area contributed by atoms with Gasteiger partial charge >= 0.3 is 0 Å². The van der Waals surface area contributed by atoms with Gasteiger partial charge in [0, 0.05) is 13.1 Å². The van der Waals surface area contributed by atoms with Gasteiger partial charge in [-0.25, -0.2) is 0 Å². The van der Waals surface area contributed by atoms with E-state index in [4.69, 9.17) is 0 Å². The number of rotatable bonds is 2. The van der Waals surface area contributed by atoms with Crippen molar-refractivity contribution in [3.8, 4) is 0 Å². The van der Waals surface area contributed by atoms with Crippen molar-refractivity contribution >= 4 is 5.91 Å². The predicted octanol–water partition coefficient (Wildman–Crippen LogP) is 0.711. The van der Waals surface area contributed by atoms with Crippen LogP contribution in [0.3, 0.4) is 0 Å². The average molecular weight is 202 g/mol. The molecule has 78 valence electrons. The van der Waals surface area contributed by atoms with Crippen LogP contribution in [0.25, 0.3) is 0 Å². The van der Waals surface area contributed by atoms with Crippen molar-refractivity contribution in [3.63, 3.8) is 0 Å². The van der Waals surface area contributed by atoms with Crippen molar-refractivity contribution in [2.45, 2.75) is 18.6 Å². The zero-order valence-electron chi connectivity index (χ0n) is 8.76. The molecule has 2 heterocycles. The molecule has 2 fully saturated rings. The fourth-order valence-corrected chi connectivity index (χ4v) is 2.42. The molecule has 3 atom stereocenters. The van der Waals surface area contributed by atoms with Crippen LogP contribution in [-0.2, 0) is 11.3 Å². The summed E-state index contributed by atoms with van der Waals surface area (Å²) in [5.41, 5.74) is 1.22. The van der Waals surface area contributed by atoms with E-state index in [1.165, 1.54) is 5.56 Å². The van der Waals surface area contributed by atoms with Crippen molar-refractivity contribution in [1.29, 1.82) is 0 Å². The number of likely N-dealkylation sites (tertiary alicyclic amines) is 1. The molecule has 1 aromatic carbocycles. The van der Waals surface area contributed by atoms with Crippen molar-refractivity contribution in [2.75, 3.05) is 13.6 Å². The van der Waals surface area contributed by atoms with E-state index >= 15 is 0 Å². The average Bonchev–Trinajstić information content (AvgIpc) is 2.75. The predicted molar refractivity (Wildman–Crippen MR) is 57.2 cm³/mol. The molecule has 0 spiro atoms. The summed E-state index contributed by atoms with van der Waals surface area (Å²) in [6.45, 7) is 1.66. The van der Waals surface area contributed by atoms with Crippen LogP contribution in [0.2, 0.25) is 0 Å². The molecule has 0 radical (unpaired) electrons. The van der Waals surface area contributed by atoms with Crippen molar-refractivity contribution in [3.05, 3.63) is 35.9 Å². The maximum atomic E-state index is 11.8. The Kier molecular flexibility index (Phi) is 1.83. The minimum atomic E-state index is 0.189. The van der Waals surface area contributed by atoms with E-state index in [9.17, 15) is 4.79 Å². The molecule has 2 saturated heterocycles. The van der Waals surface area contributed by atoms with Crippen molar-refractivity contribution in [2.24, 2.45) is 0 Å². The van der Waals surface area contributed by atoms with E-state index in [0.29, 0.717) is 11.9 Å². The number of benzene rings is 1. The summed E-state index contributed by atoms with van der Waals surface area (Å²) in [6, 6.07) is 10.9. The Morgan fingerprint density at radius 3 is 2.67 bits per heavy atom. The zero-order valence-corrected chi connectivity index (χ0v) is 8.76. The lowest BCUT2D eigenvalue weighted by Gasteiger charge is -2.19. The SMILES string of the molecule is CN1C2CN(Cc3ccccc3)C(=O)C21. The van der Waals surface area contributed by atoms with Gasteiger partial charge in [-0.3, -0.25) is 9.69 Å². The quantitative estimate of drug-likeness (QED) is 0.659. The van der Waals surface area contributed by atoms with Crippen LogP contribution >= 0.6 is 0 Å². The molecule has 0 N–H and O–H groups in total.